The minimum Gasteiger partial charge on any atom is -0.480 e. The highest BCUT2D eigenvalue weighted by molar-refractivity contribution is 5.91. The van der Waals surface area contributed by atoms with Gasteiger partial charge in [-0.15, -0.1) is 0 Å². The van der Waals surface area contributed by atoms with Crippen molar-refractivity contribution in [1.82, 2.24) is 5.32 Å². The lowest BCUT2D eigenvalue weighted by atomic mass is 9.47. The topological polar surface area (TPSA) is 110 Å². The highest BCUT2D eigenvalue weighted by Crippen LogP contribution is 2.65. The van der Waals surface area contributed by atoms with Crippen LogP contribution in [0.1, 0.15) is 91.9 Å². The van der Waals surface area contributed by atoms with Crippen LogP contribution < -0.4 is 5.32 Å². The smallest absolute Gasteiger partial charge is 0.326 e. The van der Waals surface area contributed by atoms with Crippen molar-refractivity contribution >= 4 is 23.6 Å². The molecule has 0 unspecified atom stereocenters. The minimum absolute atomic E-state index is 0.0418. The van der Waals surface area contributed by atoms with Crippen molar-refractivity contribution in [2.24, 2.45) is 34.5 Å². The number of aliphatic carboxylic acids is 1. The van der Waals surface area contributed by atoms with E-state index >= 15 is 0 Å². The maximum atomic E-state index is 12.7. The number of amides is 1. The minimum atomic E-state index is -1.07. The van der Waals surface area contributed by atoms with Crippen LogP contribution in [0.15, 0.2) is 11.6 Å². The average Bonchev–Trinajstić information content (AvgIpc) is 3.12. The molecule has 0 radical (unpaired) electrons. The summed E-state index contributed by atoms with van der Waals surface area (Å²) in [6, 6.07) is -0.960. The molecule has 7 atom stereocenters. The van der Waals surface area contributed by atoms with Gasteiger partial charge in [-0.3, -0.25) is 14.4 Å². The summed E-state index contributed by atoms with van der Waals surface area (Å²) in [6.45, 7) is 8.12. The van der Waals surface area contributed by atoms with Gasteiger partial charge in [0.15, 0.2) is 5.78 Å². The molecule has 0 aromatic rings. The predicted molar refractivity (Wildman–Crippen MR) is 130 cm³/mol. The fraction of sp³-hybridized carbons (Fsp3) is 0.786. The number of carbonyl (C=O) groups is 4. The summed E-state index contributed by atoms with van der Waals surface area (Å²) in [4.78, 5) is 48.2. The van der Waals surface area contributed by atoms with E-state index in [-0.39, 0.29) is 47.4 Å². The van der Waals surface area contributed by atoms with E-state index in [4.69, 9.17) is 4.74 Å². The molecule has 0 heterocycles. The van der Waals surface area contributed by atoms with Crippen LogP contribution in [0.2, 0.25) is 0 Å². The van der Waals surface area contributed by atoms with Crippen LogP contribution in [-0.4, -0.2) is 40.9 Å². The van der Waals surface area contributed by atoms with Crippen LogP contribution in [0, 0.1) is 34.5 Å². The molecule has 4 rings (SSSR count). The van der Waals surface area contributed by atoms with Gasteiger partial charge in [-0.05, 0) is 80.1 Å². The Balaban J connectivity index is 1.35. The van der Waals surface area contributed by atoms with Crippen molar-refractivity contribution in [3.05, 3.63) is 11.6 Å². The third-order valence-corrected chi connectivity index (χ3v) is 9.95. The Kier molecular flexibility index (Phi) is 7.18. The van der Waals surface area contributed by atoms with E-state index in [0.29, 0.717) is 24.2 Å². The molecule has 3 fully saturated rings. The molecule has 3 saturated carbocycles. The number of carbonyl (C=O) groups excluding carboxylic acids is 3. The molecule has 194 valence electrons. The number of hydrogen-bond acceptors (Lipinski definition) is 5. The number of esters is 1. The lowest BCUT2D eigenvalue weighted by Gasteiger charge is -2.57. The van der Waals surface area contributed by atoms with Gasteiger partial charge in [0.25, 0.3) is 0 Å². The summed E-state index contributed by atoms with van der Waals surface area (Å²) in [5.41, 5.74) is 1.44. The largest absolute Gasteiger partial charge is 0.480 e. The van der Waals surface area contributed by atoms with Gasteiger partial charge in [-0.25, -0.2) is 4.79 Å². The van der Waals surface area contributed by atoms with Gasteiger partial charge in [-0.2, -0.15) is 0 Å². The van der Waals surface area contributed by atoms with E-state index in [2.05, 4.69) is 19.2 Å². The molecule has 4 aliphatic carbocycles. The first-order chi connectivity index (χ1) is 16.5. The van der Waals surface area contributed by atoms with E-state index in [1.807, 2.05) is 6.08 Å². The van der Waals surface area contributed by atoms with E-state index in [9.17, 15) is 24.3 Å². The third kappa shape index (κ3) is 4.79. The van der Waals surface area contributed by atoms with Crippen molar-refractivity contribution in [2.75, 3.05) is 0 Å². The monoisotopic (exact) mass is 487 g/mol. The number of rotatable bonds is 7. The fourth-order valence-electron chi connectivity index (χ4n) is 7.90. The normalized spacial score (nSPS) is 36.9. The Morgan fingerprint density at radius 1 is 1.06 bits per heavy atom. The molecular formula is C28H41NO6. The van der Waals surface area contributed by atoms with Gasteiger partial charge in [0.05, 0.1) is 6.42 Å². The number of hydrogen-bond donors (Lipinski definition) is 2. The van der Waals surface area contributed by atoms with Crippen molar-refractivity contribution < 1.29 is 29.0 Å². The lowest BCUT2D eigenvalue weighted by molar-refractivity contribution is -0.160. The van der Waals surface area contributed by atoms with Gasteiger partial charge in [0.1, 0.15) is 12.1 Å². The van der Waals surface area contributed by atoms with E-state index in [1.54, 1.807) is 13.8 Å². The Bertz CT molecular complexity index is 924. The summed E-state index contributed by atoms with van der Waals surface area (Å²) in [5, 5.41) is 11.8. The molecule has 2 N–H and O–H groups in total. The van der Waals surface area contributed by atoms with Crippen molar-refractivity contribution in [1.29, 1.82) is 0 Å². The maximum absolute atomic E-state index is 12.7. The first-order valence-corrected chi connectivity index (χ1v) is 13.4. The van der Waals surface area contributed by atoms with E-state index in [1.165, 1.54) is 5.57 Å². The van der Waals surface area contributed by atoms with Crippen molar-refractivity contribution in [3.8, 4) is 0 Å². The molecule has 1 amide bonds. The number of carboxylic acids is 1. The quantitative estimate of drug-likeness (QED) is 0.514. The molecule has 4 aliphatic rings. The van der Waals surface area contributed by atoms with Crippen LogP contribution in [0.25, 0.3) is 0 Å². The molecule has 0 saturated heterocycles. The predicted octanol–water partition coefficient (Wildman–Crippen LogP) is 4.44. The third-order valence-electron chi connectivity index (χ3n) is 9.95. The molecule has 0 bridgehead atoms. The summed E-state index contributed by atoms with van der Waals surface area (Å²) < 4.78 is 5.97. The maximum Gasteiger partial charge on any atom is 0.326 e. The number of allylic oxidation sites excluding steroid dienone is 1. The highest BCUT2D eigenvalue weighted by atomic mass is 16.5. The molecule has 7 nitrogen and oxygen atoms in total. The molecule has 0 spiro atoms. The first-order valence-electron chi connectivity index (χ1n) is 13.4. The summed E-state index contributed by atoms with van der Waals surface area (Å²) in [6.07, 6.45) is 9.44. The van der Waals surface area contributed by atoms with Crippen LogP contribution in [0.3, 0.4) is 0 Å². The lowest BCUT2D eigenvalue weighted by Crippen LogP contribution is -2.51. The van der Waals surface area contributed by atoms with Crippen LogP contribution in [0.5, 0.6) is 0 Å². The SMILES string of the molecule is CC(C)[C@H](NC(=O)CCC(=O)O[C@H]1CC[C@H]2[C@H]3CCC4=CC(=O)CC[C@]4(C)[C@@H]3CC[C@]12C)C(=O)O. The zero-order chi connectivity index (χ0) is 25.5. The van der Waals surface area contributed by atoms with Crippen LogP contribution in [0.4, 0.5) is 0 Å². The molecule has 0 aromatic heterocycles. The number of fused-ring (bicyclic) bond motifs is 5. The molecular weight excluding hydrogens is 446 g/mol. The van der Waals surface area contributed by atoms with Gasteiger partial charge in [0.2, 0.25) is 5.91 Å². The number of carboxylic acid groups (broad SMARTS) is 1. The number of ether oxygens (including phenoxy) is 1. The molecule has 0 aliphatic heterocycles. The van der Waals surface area contributed by atoms with Gasteiger partial charge < -0.3 is 15.2 Å². The first kappa shape index (κ1) is 25.9. The van der Waals surface area contributed by atoms with Crippen molar-refractivity contribution in [2.45, 2.75) is 104 Å². The molecule has 7 heteroatoms. The Hall–Kier alpha value is -2.18. The van der Waals surface area contributed by atoms with Crippen LogP contribution >= 0.6 is 0 Å². The van der Waals surface area contributed by atoms with Crippen LogP contribution in [-0.2, 0) is 23.9 Å². The van der Waals surface area contributed by atoms with Gasteiger partial charge in [-0.1, -0.05) is 33.3 Å². The van der Waals surface area contributed by atoms with Crippen molar-refractivity contribution in [3.63, 3.8) is 0 Å². The Labute approximate surface area is 208 Å². The summed E-state index contributed by atoms with van der Waals surface area (Å²) in [7, 11) is 0. The standard InChI is InChI=1S/C28H41NO6/c1-16(2)25(26(33)34)29-23(31)9-10-24(32)35-22-8-7-20-19-6-5-17-15-18(30)11-13-27(17,3)21(19)12-14-28(20,22)4/h15-16,19-22,25H,5-14H2,1-4H3,(H,29,31)(H,33,34)/t19-,20+,21-,22+,25+,27+,28+/m1/s1. The second-order valence-corrected chi connectivity index (χ2v) is 12.2. The second-order valence-electron chi connectivity index (χ2n) is 12.2. The number of nitrogens with one attached hydrogen (secondary N) is 1. The average molecular weight is 488 g/mol. The van der Waals surface area contributed by atoms with E-state index < -0.39 is 17.9 Å². The van der Waals surface area contributed by atoms with Gasteiger partial charge in [0, 0.05) is 18.3 Å². The fourth-order valence-corrected chi connectivity index (χ4v) is 7.90. The zero-order valence-corrected chi connectivity index (χ0v) is 21.6. The van der Waals surface area contributed by atoms with E-state index in [0.717, 1.165) is 44.9 Å². The Morgan fingerprint density at radius 2 is 1.80 bits per heavy atom. The second kappa shape index (κ2) is 9.70. The molecule has 0 aromatic carbocycles. The molecule has 35 heavy (non-hydrogen) atoms. The zero-order valence-electron chi connectivity index (χ0n) is 21.6. The summed E-state index contributed by atoms with van der Waals surface area (Å²) in [5.74, 6) is -0.146. The number of ketones is 1. The highest BCUT2D eigenvalue weighted by Gasteiger charge is 2.59. The summed E-state index contributed by atoms with van der Waals surface area (Å²) >= 11 is 0. The van der Waals surface area contributed by atoms with Gasteiger partial charge >= 0.3 is 11.9 Å². The Morgan fingerprint density at radius 3 is 2.49 bits per heavy atom.